The van der Waals surface area contributed by atoms with Crippen molar-refractivity contribution >= 4 is 17.5 Å². The molecule has 1 atom stereocenters. The van der Waals surface area contributed by atoms with E-state index >= 15 is 0 Å². The molecule has 6 N–H and O–H groups in total. The molecule has 18 heavy (non-hydrogen) atoms. The molecule has 0 fully saturated rings. The van der Waals surface area contributed by atoms with Crippen molar-refractivity contribution in [1.29, 1.82) is 0 Å². The highest BCUT2D eigenvalue weighted by Gasteiger charge is 2.22. The fourth-order valence-electron chi connectivity index (χ4n) is 1.51. The van der Waals surface area contributed by atoms with E-state index in [1.807, 2.05) is 13.8 Å². The standard InChI is InChI=1S/C12H18N4O2/c1-7(2)10(11(13)17)15-12(18)8-3-5-9(16-14)6-4-8/h3-7,10,16H,14H2,1-2H3,(H2,13,17)(H,15,18). The van der Waals surface area contributed by atoms with Crippen molar-refractivity contribution in [2.75, 3.05) is 5.43 Å². The van der Waals surface area contributed by atoms with Gasteiger partial charge in [-0.1, -0.05) is 13.8 Å². The molecule has 0 aliphatic heterocycles. The van der Waals surface area contributed by atoms with Crippen molar-refractivity contribution in [3.05, 3.63) is 29.8 Å². The maximum absolute atomic E-state index is 11.9. The van der Waals surface area contributed by atoms with Crippen LogP contribution in [0.4, 0.5) is 5.69 Å². The summed E-state index contributed by atoms with van der Waals surface area (Å²) in [4.78, 5) is 23.1. The Morgan fingerprint density at radius 3 is 2.11 bits per heavy atom. The summed E-state index contributed by atoms with van der Waals surface area (Å²) >= 11 is 0. The number of hydrogen-bond acceptors (Lipinski definition) is 4. The highest BCUT2D eigenvalue weighted by atomic mass is 16.2. The molecule has 1 aromatic rings. The highest BCUT2D eigenvalue weighted by molar-refractivity contribution is 5.97. The predicted octanol–water partition coefficient (Wildman–Crippen LogP) is 0.212. The minimum atomic E-state index is -0.676. The number of primary amides is 1. The lowest BCUT2D eigenvalue weighted by molar-refractivity contribution is -0.120. The van der Waals surface area contributed by atoms with E-state index in [0.29, 0.717) is 11.3 Å². The number of amides is 2. The van der Waals surface area contributed by atoms with Crippen molar-refractivity contribution < 1.29 is 9.59 Å². The molecule has 0 radical (unpaired) electrons. The van der Waals surface area contributed by atoms with Crippen LogP contribution in [0.15, 0.2) is 24.3 Å². The van der Waals surface area contributed by atoms with E-state index in [4.69, 9.17) is 11.6 Å². The number of hydrazine groups is 1. The van der Waals surface area contributed by atoms with Crippen LogP contribution in [0.3, 0.4) is 0 Å². The minimum Gasteiger partial charge on any atom is -0.368 e. The number of nitrogen functional groups attached to an aromatic ring is 1. The quantitative estimate of drug-likeness (QED) is 0.442. The number of carbonyl (C=O) groups excluding carboxylic acids is 2. The number of hydrogen-bond donors (Lipinski definition) is 4. The van der Waals surface area contributed by atoms with Crippen molar-refractivity contribution in [2.45, 2.75) is 19.9 Å². The van der Waals surface area contributed by atoms with Crippen molar-refractivity contribution in [1.82, 2.24) is 5.32 Å². The average Bonchev–Trinajstić information content (AvgIpc) is 2.35. The van der Waals surface area contributed by atoms with E-state index in [1.165, 1.54) is 0 Å². The van der Waals surface area contributed by atoms with Gasteiger partial charge in [0, 0.05) is 11.3 Å². The maximum atomic E-state index is 11.9. The Bertz CT molecular complexity index is 428. The first-order valence-corrected chi connectivity index (χ1v) is 5.62. The molecular formula is C12H18N4O2. The summed E-state index contributed by atoms with van der Waals surface area (Å²) in [6.45, 7) is 3.63. The largest absolute Gasteiger partial charge is 0.368 e. The second-order valence-corrected chi connectivity index (χ2v) is 4.32. The molecule has 1 rings (SSSR count). The number of rotatable bonds is 5. The summed E-state index contributed by atoms with van der Waals surface area (Å²) < 4.78 is 0. The van der Waals surface area contributed by atoms with Gasteiger partial charge in [0.25, 0.3) is 5.91 Å². The molecule has 6 nitrogen and oxygen atoms in total. The molecule has 0 aliphatic rings. The normalized spacial score (nSPS) is 12.0. The lowest BCUT2D eigenvalue weighted by Gasteiger charge is -2.18. The summed E-state index contributed by atoms with van der Waals surface area (Å²) in [5, 5.41) is 2.60. The number of carbonyl (C=O) groups is 2. The van der Waals surface area contributed by atoms with E-state index in [0.717, 1.165) is 0 Å². The summed E-state index contributed by atoms with van der Waals surface area (Å²) in [7, 11) is 0. The molecule has 6 heteroatoms. The zero-order valence-electron chi connectivity index (χ0n) is 10.4. The number of anilines is 1. The van der Waals surface area contributed by atoms with E-state index in [2.05, 4.69) is 10.7 Å². The number of nitrogens with one attached hydrogen (secondary N) is 2. The van der Waals surface area contributed by atoms with Crippen LogP contribution < -0.4 is 22.3 Å². The second kappa shape index (κ2) is 6.02. The lowest BCUT2D eigenvalue weighted by atomic mass is 10.0. The van der Waals surface area contributed by atoms with Gasteiger partial charge in [-0.2, -0.15) is 0 Å². The molecule has 0 aliphatic carbocycles. The Morgan fingerprint density at radius 2 is 1.72 bits per heavy atom. The topological polar surface area (TPSA) is 110 Å². The van der Waals surface area contributed by atoms with Gasteiger partial charge in [0.2, 0.25) is 5.91 Å². The molecule has 0 saturated carbocycles. The number of benzene rings is 1. The summed E-state index contributed by atoms with van der Waals surface area (Å²) in [6.07, 6.45) is 0. The van der Waals surface area contributed by atoms with Crippen molar-refractivity contribution in [2.24, 2.45) is 17.5 Å². The number of nitrogens with two attached hydrogens (primary N) is 2. The van der Waals surface area contributed by atoms with Crippen LogP contribution in [0.1, 0.15) is 24.2 Å². The van der Waals surface area contributed by atoms with Gasteiger partial charge in [-0.05, 0) is 30.2 Å². The maximum Gasteiger partial charge on any atom is 0.251 e. The van der Waals surface area contributed by atoms with Gasteiger partial charge in [-0.25, -0.2) is 0 Å². The zero-order valence-corrected chi connectivity index (χ0v) is 10.4. The van der Waals surface area contributed by atoms with Crippen molar-refractivity contribution in [3.8, 4) is 0 Å². The predicted molar refractivity (Wildman–Crippen MR) is 69.5 cm³/mol. The van der Waals surface area contributed by atoms with Gasteiger partial charge < -0.3 is 16.5 Å². The van der Waals surface area contributed by atoms with Crippen LogP contribution in [0, 0.1) is 5.92 Å². The molecule has 0 saturated heterocycles. The molecule has 1 unspecified atom stereocenters. The van der Waals surface area contributed by atoms with Gasteiger partial charge in [-0.3, -0.25) is 15.4 Å². The Hall–Kier alpha value is -2.08. The molecule has 1 aromatic carbocycles. The third kappa shape index (κ3) is 3.46. The highest BCUT2D eigenvalue weighted by Crippen LogP contribution is 2.09. The Morgan fingerprint density at radius 1 is 1.17 bits per heavy atom. The molecule has 2 amide bonds. The summed E-state index contributed by atoms with van der Waals surface area (Å²) in [6, 6.07) is 5.89. The van der Waals surface area contributed by atoms with Gasteiger partial charge in [0.05, 0.1) is 0 Å². The molecule has 0 aromatic heterocycles. The Balaban J connectivity index is 2.77. The SMILES string of the molecule is CC(C)C(NC(=O)c1ccc(NN)cc1)C(N)=O. The third-order valence-corrected chi connectivity index (χ3v) is 2.57. The molecule has 98 valence electrons. The summed E-state index contributed by atoms with van der Waals surface area (Å²) in [5.74, 6) is 4.29. The van der Waals surface area contributed by atoms with E-state index in [-0.39, 0.29) is 11.8 Å². The van der Waals surface area contributed by atoms with Crippen LogP contribution in [0.25, 0.3) is 0 Å². The van der Waals surface area contributed by atoms with Crippen LogP contribution in [-0.4, -0.2) is 17.9 Å². The first-order chi connectivity index (χ1) is 8.45. The van der Waals surface area contributed by atoms with E-state index < -0.39 is 11.9 Å². The first kappa shape index (κ1) is 14.0. The van der Waals surface area contributed by atoms with Gasteiger partial charge in [-0.15, -0.1) is 0 Å². The smallest absolute Gasteiger partial charge is 0.251 e. The fourth-order valence-corrected chi connectivity index (χ4v) is 1.51. The van der Waals surface area contributed by atoms with Crippen LogP contribution >= 0.6 is 0 Å². The van der Waals surface area contributed by atoms with E-state index in [9.17, 15) is 9.59 Å². The summed E-state index contributed by atoms with van der Waals surface area (Å²) in [5.41, 5.74) is 8.84. The van der Waals surface area contributed by atoms with Crippen LogP contribution in [0.5, 0.6) is 0 Å². The third-order valence-electron chi connectivity index (χ3n) is 2.57. The van der Waals surface area contributed by atoms with Gasteiger partial charge in [0.15, 0.2) is 0 Å². The van der Waals surface area contributed by atoms with Crippen LogP contribution in [-0.2, 0) is 4.79 Å². The average molecular weight is 250 g/mol. The lowest BCUT2D eigenvalue weighted by Crippen LogP contribution is -2.47. The van der Waals surface area contributed by atoms with Gasteiger partial charge in [0.1, 0.15) is 6.04 Å². The van der Waals surface area contributed by atoms with E-state index in [1.54, 1.807) is 24.3 Å². The molecule has 0 spiro atoms. The van der Waals surface area contributed by atoms with Crippen molar-refractivity contribution in [3.63, 3.8) is 0 Å². The first-order valence-electron chi connectivity index (χ1n) is 5.62. The molecule has 0 heterocycles. The molecule has 0 bridgehead atoms. The fraction of sp³-hybridized carbons (Fsp3) is 0.333. The Kier molecular flexibility index (Phi) is 4.67. The molecular weight excluding hydrogens is 232 g/mol. The van der Waals surface area contributed by atoms with Gasteiger partial charge >= 0.3 is 0 Å². The second-order valence-electron chi connectivity index (χ2n) is 4.32. The Labute approximate surface area is 106 Å². The minimum absolute atomic E-state index is 0.0589. The van der Waals surface area contributed by atoms with Crippen LogP contribution in [0.2, 0.25) is 0 Å². The zero-order chi connectivity index (χ0) is 13.7. The monoisotopic (exact) mass is 250 g/mol.